The molecule has 6 heteroatoms. The van der Waals surface area contributed by atoms with Crippen molar-refractivity contribution in [3.05, 3.63) is 58.3 Å². The van der Waals surface area contributed by atoms with Gasteiger partial charge in [0.25, 0.3) is 5.69 Å². The fraction of sp³-hybridized carbons (Fsp3) is 0.167. The topological polar surface area (TPSA) is 75.7 Å². The first-order chi connectivity index (χ1) is 11.5. The number of pyridine rings is 1. The fourth-order valence-electron chi connectivity index (χ4n) is 2.74. The number of benzene rings is 2. The summed E-state index contributed by atoms with van der Waals surface area (Å²) in [6, 6.07) is 12.3. The average Bonchev–Trinajstić information content (AvgIpc) is 2.60. The predicted octanol–water partition coefficient (Wildman–Crippen LogP) is 3.55. The zero-order chi connectivity index (χ0) is 17.3. The molecular weight excluding hydrogens is 308 g/mol. The monoisotopic (exact) mass is 325 g/mol. The van der Waals surface area contributed by atoms with Crippen LogP contribution < -0.4 is 14.5 Å². The van der Waals surface area contributed by atoms with Gasteiger partial charge in [0.1, 0.15) is 0 Å². The van der Waals surface area contributed by atoms with Crippen LogP contribution in [-0.2, 0) is 0 Å². The van der Waals surface area contributed by atoms with Crippen molar-refractivity contribution in [1.29, 1.82) is 0 Å². The van der Waals surface area contributed by atoms with Crippen molar-refractivity contribution < 1.29 is 19.4 Å². The lowest BCUT2D eigenvalue weighted by Gasteiger charge is -2.09. The number of hydrogen-bond donors (Lipinski definition) is 0. The van der Waals surface area contributed by atoms with Crippen LogP contribution in [0.3, 0.4) is 0 Å². The van der Waals surface area contributed by atoms with Crippen LogP contribution in [0.25, 0.3) is 22.0 Å². The van der Waals surface area contributed by atoms with Crippen LogP contribution in [-0.4, -0.2) is 19.1 Å². The normalized spacial score (nSPS) is 10.6. The van der Waals surface area contributed by atoms with Crippen LogP contribution in [0, 0.1) is 17.0 Å². The molecule has 0 unspecified atom stereocenters. The number of rotatable bonds is 4. The third kappa shape index (κ3) is 2.74. The Kier molecular flexibility index (Phi) is 4.04. The molecule has 0 aliphatic rings. The van der Waals surface area contributed by atoms with Gasteiger partial charge >= 0.3 is 0 Å². The molecule has 0 aliphatic heterocycles. The van der Waals surface area contributed by atoms with Gasteiger partial charge < -0.3 is 9.47 Å². The van der Waals surface area contributed by atoms with Crippen molar-refractivity contribution in [1.82, 2.24) is 0 Å². The third-order valence-electron chi connectivity index (χ3n) is 3.95. The summed E-state index contributed by atoms with van der Waals surface area (Å²) in [6.07, 6.45) is 0. The lowest BCUT2D eigenvalue weighted by molar-refractivity contribution is -0.385. The van der Waals surface area contributed by atoms with E-state index in [9.17, 15) is 10.1 Å². The highest BCUT2D eigenvalue weighted by Gasteiger charge is 2.16. The van der Waals surface area contributed by atoms with E-state index in [1.807, 2.05) is 31.2 Å². The quantitative estimate of drug-likeness (QED) is 0.543. The van der Waals surface area contributed by atoms with Gasteiger partial charge in [-0.1, -0.05) is 6.07 Å². The van der Waals surface area contributed by atoms with E-state index in [2.05, 4.69) is 4.98 Å². The van der Waals surface area contributed by atoms with E-state index in [1.54, 1.807) is 26.4 Å². The van der Waals surface area contributed by atoms with E-state index >= 15 is 0 Å². The Balaban J connectivity index is 2.20. The van der Waals surface area contributed by atoms with Crippen molar-refractivity contribution >= 4 is 16.5 Å². The Morgan fingerprint density at radius 1 is 1.04 bits per heavy atom. The Morgan fingerprint density at radius 3 is 2.42 bits per heavy atom. The summed E-state index contributed by atoms with van der Waals surface area (Å²) in [5, 5.41) is 12.9. The van der Waals surface area contributed by atoms with Gasteiger partial charge in [-0.3, -0.25) is 10.1 Å². The van der Waals surface area contributed by atoms with Crippen molar-refractivity contribution in [2.24, 2.45) is 0 Å². The van der Waals surface area contributed by atoms with Crippen LogP contribution in [0.15, 0.2) is 42.5 Å². The Labute approximate surface area is 138 Å². The minimum atomic E-state index is -0.398. The predicted molar refractivity (Wildman–Crippen MR) is 90.4 cm³/mol. The molecule has 2 aromatic carbocycles. The Bertz CT molecular complexity index is 938. The van der Waals surface area contributed by atoms with Crippen molar-refractivity contribution in [3.63, 3.8) is 0 Å². The summed E-state index contributed by atoms with van der Waals surface area (Å²) < 4.78 is 10.7. The molecule has 0 atom stereocenters. The zero-order valence-electron chi connectivity index (χ0n) is 13.6. The molecule has 3 aromatic rings. The van der Waals surface area contributed by atoms with Crippen LogP contribution in [0.2, 0.25) is 0 Å². The zero-order valence-corrected chi connectivity index (χ0v) is 13.6. The number of nitrogens with zero attached hydrogens (tertiary/aromatic N) is 1. The van der Waals surface area contributed by atoms with Gasteiger partial charge in [-0.2, -0.15) is 0 Å². The second-order valence-corrected chi connectivity index (χ2v) is 5.41. The maximum Gasteiger partial charge on any atom is 0.270 e. The van der Waals surface area contributed by atoms with Crippen LogP contribution >= 0.6 is 0 Å². The molecule has 0 saturated carbocycles. The van der Waals surface area contributed by atoms with Crippen molar-refractivity contribution in [2.45, 2.75) is 6.92 Å². The van der Waals surface area contributed by atoms with Gasteiger partial charge in [0.05, 0.1) is 30.1 Å². The number of nitro benzene ring substituents is 1. The highest BCUT2D eigenvalue weighted by molar-refractivity contribution is 5.89. The van der Waals surface area contributed by atoms with E-state index < -0.39 is 4.92 Å². The van der Waals surface area contributed by atoms with Crippen molar-refractivity contribution in [3.8, 4) is 22.8 Å². The largest absolute Gasteiger partial charge is 0.493 e. The molecule has 0 fully saturated rings. The summed E-state index contributed by atoms with van der Waals surface area (Å²) in [5.41, 5.74) is 2.56. The molecule has 1 heterocycles. The number of H-pyrrole nitrogens is 1. The Morgan fingerprint density at radius 2 is 1.75 bits per heavy atom. The molecule has 1 aromatic heterocycles. The molecule has 0 bridgehead atoms. The van der Waals surface area contributed by atoms with Crippen molar-refractivity contribution in [2.75, 3.05) is 14.2 Å². The molecule has 6 nitrogen and oxygen atoms in total. The summed E-state index contributed by atoms with van der Waals surface area (Å²) in [4.78, 5) is 13.9. The molecule has 0 radical (unpaired) electrons. The van der Waals surface area contributed by atoms with Gasteiger partial charge in [-0.15, -0.1) is 0 Å². The third-order valence-corrected chi connectivity index (χ3v) is 3.95. The molecule has 3 rings (SSSR count). The van der Waals surface area contributed by atoms with Crippen LogP contribution in [0.1, 0.15) is 5.69 Å². The number of fused-ring (bicyclic) bond motifs is 1. The second-order valence-electron chi connectivity index (χ2n) is 5.41. The molecule has 0 aliphatic carbocycles. The highest BCUT2D eigenvalue weighted by Crippen LogP contribution is 2.34. The minimum absolute atomic E-state index is 0.0611. The standard InChI is InChI=1S/C18H16N2O4/c1-11-15-10-18(24-3)17(23-2)9-13(15)8-16(19-11)12-5-4-6-14(7-12)20(21)22/h4-10H,1-3H3/p+1. The number of methoxy groups -OCH3 is 2. The number of nitro groups is 1. The van der Waals surface area contributed by atoms with E-state index in [0.717, 1.165) is 27.7 Å². The summed E-state index contributed by atoms with van der Waals surface area (Å²) in [7, 11) is 3.19. The summed E-state index contributed by atoms with van der Waals surface area (Å²) in [6.45, 7) is 1.95. The number of nitrogens with one attached hydrogen (secondary N) is 1. The summed E-state index contributed by atoms with van der Waals surface area (Å²) >= 11 is 0. The smallest absolute Gasteiger partial charge is 0.270 e. The fourth-order valence-corrected chi connectivity index (χ4v) is 2.74. The maximum absolute atomic E-state index is 11.0. The maximum atomic E-state index is 11.0. The molecule has 0 amide bonds. The molecule has 122 valence electrons. The van der Waals surface area contributed by atoms with Gasteiger partial charge in [0.15, 0.2) is 17.2 Å². The average molecular weight is 325 g/mol. The van der Waals surface area contributed by atoms with Crippen LogP contribution in [0.5, 0.6) is 11.5 Å². The van der Waals surface area contributed by atoms with Gasteiger partial charge in [-0.25, -0.2) is 4.98 Å². The molecule has 0 spiro atoms. The first-order valence-electron chi connectivity index (χ1n) is 7.37. The molecule has 1 N–H and O–H groups in total. The number of aromatic amines is 1. The highest BCUT2D eigenvalue weighted by atomic mass is 16.6. The SMILES string of the molecule is COc1cc2cc(-c3cccc([N+](=O)[O-])c3)[nH+]c(C)c2cc1OC. The van der Waals surface area contributed by atoms with E-state index in [-0.39, 0.29) is 5.69 Å². The summed E-state index contributed by atoms with van der Waals surface area (Å²) in [5.74, 6) is 1.30. The second kappa shape index (κ2) is 6.16. The molecule has 0 saturated heterocycles. The minimum Gasteiger partial charge on any atom is -0.493 e. The van der Waals surface area contributed by atoms with E-state index in [1.165, 1.54) is 6.07 Å². The van der Waals surface area contributed by atoms with Gasteiger partial charge in [0, 0.05) is 25.1 Å². The van der Waals surface area contributed by atoms with E-state index in [0.29, 0.717) is 11.5 Å². The van der Waals surface area contributed by atoms with Gasteiger partial charge in [-0.05, 0) is 23.6 Å². The molecular formula is C18H17N2O4+. The number of non-ortho nitro benzene ring substituents is 1. The lowest BCUT2D eigenvalue weighted by Crippen LogP contribution is -2.12. The number of ether oxygens (including phenoxy) is 2. The van der Waals surface area contributed by atoms with E-state index in [4.69, 9.17) is 9.47 Å². The Hall–Kier alpha value is -3.15. The number of aryl methyl sites for hydroxylation is 1. The first kappa shape index (κ1) is 15.7. The number of aromatic nitrogens is 1. The van der Waals surface area contributed by atoms with Crippen LogP contribution in [0.4, 0.5) is 5.69 Å². The number of hydrogen-bond acceptors (Lipinski definition) is 4. The first-order valence-corrected chi connectivity index (χ1v) is 7.37. The molecule has 24 heavy (non-hydrogen) atoms. The van der Waals surface area contributed by atoms with Gasteiger partial charge in [0.2, 0.25) is 5.69 Å². The lowest BCUT2D eigenvalue weighted by atomic mass is 10.0.